The Hall–Kier alpha value is -4.97. The van der Waals surface area contributed by atoms with E-state index in [9.17, 15) is 19.2 Å². The van der Waals surface area contributed by atoms with Gasteiger partial charge >= 0.3 is 11.8 Å². The lowest BCUT2D eigenvalue weighted by atomic mass is 10.1. The van der Waals surface area contributed by atoms with Crippen molar-refractivity contribution >= 4 is 52.2 Å². The van der Waals surface area contributed by atoms with Crippen LogP contribution in [0.3, 0.4) is 0 Å². The molecule has 2 heterocycles. The summed E-state index contributed by atoms with van der Waals surface area (Å²) in [5.74, 6) is -2.45. The van der Waals surface area contributed by atoms with Gasteiger partial charge in [0.05, 0.1) is 16.6 Å². The number of pyridine rings is 1. The number of hydrogen-bond donors (Lipinski definition) is 4. The summed E-state index contributed by atoms with van der Waals surface area (Å²) in [5, 5.41) is 6.83. The lowest BCUT2D eigenvalue weighted by molar-refractivity contribution is -0.133. The number of nitrogens with zero attached hydrogens (tertiary/aromatic N) is 3. The Kier molecular flexibility index (Phi) is 7.07. The van der Waals surface area contributed by atoms with Crippen LogP contribution in [0.4, 0.5) is 5.69 Å². The van der Waals surface area contributed by atoms with E-state index in [-0.39, 0.29) is 10.7 Å². The summed E-state index contributed by atoms with van der Waals surface area (Å²) in [4.78, 5) is 56.2. The number of hydrogen-bond acceptors (Lipinski definition) is 7. The summed E-state index contributed by atoms with van der Waals surface area (Å²) in [5.41, 5.74) is 6.59. The Morgan fingerprint density at radius 1 is 0.944 bits per heavy atom. The summed E-state index contributed by atoms with van der Waals surface area (Å²) >= 11 is 5.13. The number of carbonyl (C=O) groups is 3. The fraction of sp³-hybridized carbons (Fsp3) is 0.0417. The van der Waals surface area contributed by atoms with Crippen LogP contribution in [-0.4, -0.2) is 38.1 Å². The number of hydrazone groups is 1. The van der Waals surface area contributed by atoms with Gasteiger partial charge in [0.25, 0.3) is 11.5 Å². The maximum atomic E-state index is 12.6. The smallest absolute Gasteiger partial charge is 0.328 e. The molecule has 12 heteroatoms. The van der Waals surface area contributed by atoms with Crippen molar-refractivity contribution in [3.8, 4) is 0 Å². The quantitative estimate of drug-likeness (QED) is 0.143. The number of anilines is 1. The maximum absolute atomic E-state index is 12.6. The molecule has 0 bridgehead atoms. The van der Waals surface area contributed by atoms with Gasteiger partial charge in [0.1, 0.15) is 0 Å². The number of aromatic nitrogens is 3. The van der Waals surface area contributed by atoms with Crippen LogP contribution in [-0.2, 0) is 9.59 Å². The van der Waals surface area contributed by atoms with E-state index < -0.39 is 17.4 Å². The highest BCUT2D eigenvalue weighted by atomic mass is 32.1. The average molecular weight is 502 g/mol. The maximum Gasteiger partial charge on any atom is 0.328 e. The predicted octanol–water partition coefficient (Wildman–Crippen LogP) is 2.32. The molecule has 4 aromatic rings. The second-order valence-electron chi connectivity index (χ2n) is 7.46. The molecule has 0 fully saturated rings. The molecule has 3 amide bonds. The highest BCUT2D eigenvalue weighted by Crippen LogP contribution is 2.11. The molecule has 2 aromatic heterocycles. The van der Waals surface area contributed by atoms with Crippen LogP contribution in [0.5, 0.6) is 0 Å². The van der Waals surface area contributed by atoms with Crippen molar-refractivity contribution in [3.05, 3.63) is 99.3 Å². The minimum Gasteiger partial charge on any atom is -0.330 e. The van der Waals surface area contributed by atoms with Gasteiger partial charge in [-0.05, 0) is 61.1 Å². The van der Waals surface area contributed by atoms with Crippen LogP contribution in [0, 0.1) is 4.77 Å². The van der Waals surface area contributed by atoms with E-state index in [1.54, 1.807) is 67.6 Å². The van der Waals surface area contributed by atoms with E-state index in [2.05, 4.69) is 31.2 Å². The van der Waals surface area contributed by atoms with Crippen molar-refractivity contribution in [3.63, 3.8) is 0 Å². The molecule has 180 valence electrons. The highest BCUT2D eigenvalue weighted by Gasteiger charge is 2.16. The molecule has 0 radical (unpaired) electrons. The summed E-state index contributed by atoms with van der Waals surface area (Å²) < 4.78 is 0.748. The first-order valence-corrected chi connectivity index (χ1v) is 11.0. The Bertz CT molecular complexity index is 1610. The molecule has 0 spiro atoms. The van der Waals surface area contributed by atoms with Crippen molar-refractivity contribution in [2.24, 2.45) is 5.10 Å². The number of amides is 3. The second-order valence-corrected chi connectivity index (χ2v) is 7.85. The largest absolute Gasteiger partial charge is 0.330 e. The van der Waals surface area contributed by atoms with Gasteiger partial charge in [0.15, 0.2) is 4.77 Å². The minimum atomic E-state index is -1.08. The molecule has 36 heavy (non-hydrogen) atoms. The number of carbonyl (C=O) groups excluding carboxylic acids is 3. The molecule has 0 saturated carbocycles. The molecule has 4 rings (SSSR count). The van der Waals surface area contributed by atoms with Crippen molar-refractivity contribution in [1.29, 1.82) is 0 Å². The van der Waals surface area contributed by atoms with Crippen molar-refractivity contribution in [2.45, 2.75) is 6.92 Å². The molecule has 0 aliphatic carbocycles. The lowest BCUT2D eigenvalue weighted by Gasteiger charge is -2.10. The summed E-state index contributed by atoms with van der Waals surface area (Å²) in [6.07, 6.45) is 3.01. The Labute approximate surface area is 208 Å². The van der Waals surface area contributed by atoms with Gasteiger partial charge in [-0.3, -0.25) is 24.2 Å². The van der Waals surface area contributed by atoms with Crippen molar-refractivity contribution in [2.75, 3.05) is 10.7 Å². The number of benzene rings is 2. The molecule has 11 nitrogen and oxygen atoms in total. The van der Waals surface area contributed by atoms with Gasteiger partial charge in [0.2, 0.25) is 0 Å². The topological polar surface area (TPSA) is 150 Å². The molecule has 4 N–H and O–H groups in total. The van der Waals surface area contributed by atoms with Gasteiger partial charge in [-0.25, -0.2) is 10.9 Å². The number of H-pyrrole nitrogens is 1. The first-order chi connectivity index (χ1) is 17.3. The molecule has 0 saturated heterocycles. The van der Waals surface area contributed by atoms with Crippen LogP contribution in [0.1, 0.15) is 22.8 Å². The lowest BCUT2D eigenvalue weighted by Crippen LogP contribution is -2.40. The van der Waals surface area contributed by atoms with Crippen LogP contribution in [0.2, 0.25) is 0 Å². The zero-order valence-corrected chi connectivity index (χ0v) is 19.6. The van der Waals surface area contributed by atoms with E-state index >= 15 is 0 Å². The predicted molar refractivity (Wildman–Crippen MR) is 137 cm³/mol. The monoisotopic (exact) mass is 501 g/mol. The number of rotatable bonds is 5. The molecular weight excluding hydrogens is 482 g/mol. The number of fused-ring (bicyclic) bond motifs is 1. The van der Waals surface area contributed by atoms with Gasteiger partial charge in [-0.2, -0.15) is 9.78 Å². The first kappa shape index (κ1) is 24.2. The standard InChI is InChI=1S/C24H19N7O4S/c1-14(28-29-20(32)16-10-12-25-13-11-16)15-6-8-17(9-7-15)26-21(33)22(34)30-31-23(35)18-4-2-3-5-19(18)27-24(31)36/h2-13H,1H3,(H,26,33)(H,27,36)(H,29,32)(H,30,34). The third-order valence-electron chi connectivity index (χ3n) is 5.05. The molecule has 0 unspecified atom stereocenters. The van der Waals surface area contributed by atoms with E-state index in [1.807, 2.05) is 0 Å². The zero-order chi connectivity index (χ0) is 25.7. The van der Waals surface area contributed by atoms with Gasteiger partial charge < -0.3 is 10.3 Å². The Morgan fingerprint density at radius 3 is 2.36 bits per heavy atom. The highest BCUT2D eigenvalue weighted by molar-refractivity contribution is 7.71. The number of aromatic amines is 1. The van der Waals surface area contributed by atoms with Gasteiger partial charge in [-0.1, -0.05) is 24.3 Å². The summed E-state index contributed by atoms with van der Waals surface area (Å²) in [7, 11) is 0. The van der Waals surface area contributed by atoms with E-state index in [0.717, 1.165) is 4.68 Å². The van der Waals surface area contributed by atoms with Gasteiger partial charge in [-0.15, -0.1) is 0 Å². The normalized spacial score (nSPS) is 11.1. The number of para-hydroxylation sites is 1. The van der Waals surface area contributed by atoms with Crippen LogP contribution in [0.15, 0.2) is 83.0 Å². The fourth-order valence-corrected chi connectivity index (χ4v) is 3.40. The van der Waals surface area contributed by atoms with E-state index in [0.29, 0.717) is 33.4 Å². The van der Waals surface area contributed by atoms with Crippen LogP contribution >= 0.6 is 12.2 Å². The summed E-state index contributed by atoms with van der Waals surface area (Å²) in [6.45, 7) is 1.71. The molecule has 0 atom stereocenters. The van der Waals surface area contributed by atoms with Crippen LogP contribution in [0.25, 0.3) is 10.9 Å². The third-order valence-corrected chi connectivity index (χ3v) is 5.34. The van der Waals surface area contributed by atoms with Crippen molar-refractivity contribution < 1.29 is 14.4 Å². The van der Waals surface area contributed by atoms with E-state index in [4.69, 9.17) is 12.2 Å². The van der Waals surface area contributed by atoms with E-state index in [1.165, 1.54) is 12.4 Å². The molecule has 0 aliphatic heterocycles. The number of nitrogens with one attached hydrogen (secondary N) is 4. The SMILES string of the molecule is CC(=NNC(=O)c1ccncc1)c1ccc(NC(=O)C(=O)Nn2c(=S)[nH]c3ccccc3c2=O)cc1. The zero-order valence-electron chi connectivity index (χ0n) is 18.8. The second kappa shape index (κ2) is 10.5. The molecule has 0 aliphatic rings. The average Bonchev–Trinajstić information content (AvgIpc) is 2.90. The first-order valence-electron chi connectivity index (χ1n) is 10.5. The fourth-order valence-electron chi connectivity index (χ4n) is 3.17. The Balaban J connectivity index is 1.40. The third kappa shape index (κ3) is 5.39. The summed E-state index contributed by atoms with van der Waals surface area (Å²) in [6, 6.07) is 16.3. The molecular formula is C24H19N7O4S. The minimum absolute atomic E-state index is 0.0602. The van der Waals surface area contributed by atoms with Crippen molar-refractivity contribution in [1.82, 2.24) is 20.1 Å². The molecule has 2 aromatic carbocycles. The van der Waals surface area contributed by atoms with Crippen LogP contribution < -0.4 is 21.7 Å². The Morgan fingerprint density at radius 2 is 1.64 bits per heavy atom. The van der Waals surface area contributed by atoms with Gasteiger partial charge in [0, 0.05) is 23.6 Å².